The first-order valence-corrected chi connectivity index (χ1v) is 8.44. The van der Waals surface area contributed by atoms with Crippen molar-refractivity contribution >= 4 is 34.9 Å². The number of esters is 1. The molecule has 3 nitrogen and oxygen atoms in total. The predicted octanol–water partition coefficient (Wildman–Crippen LogP) is 5.05. The van der Waals surface area contributed by atoms with E-state index in [1.165, 1.54) is 6.07 Å². The van der Waals surface area contributed by atoms with Crippen LogP contribution in [-0.2, 0) is 4.74 Å². The maximum Gasteiger partial charge on any atom is 0.343 e. The fraction of sp³-hybridized carbons (Fsp3) is 0.278. The molecule has 0 saturated carbocycles. The molecule has 0 bridgehead atoms. The van der Waals surface area contributed by atoms with Crippen molar-refractivity contribution in [2.24, 2.45) is 0 Å². The Bertz CT molecular complexity index is 829. The van der Waals surface area contributed by atoms with Gasteiger partial charge in [-0.15, -0.1) is 0 Å². The van der Waals surface area contributed by atoms with Crippen molar-refractivity contribution in [2.45, 2.75) is 12.3 Å². The van der Waals surface area contributed by atoms with E-state index in [0.29, 0.717) is 35.1 Å². The summed E-state index contributed by atoms with van der Waals surface area (Å²) in [5.74, 6) is -2.96. The van der Waals surface area contributed by atoms with Crippen molar-refractivity contribution in [3.63, 3.8) is 0 Å². The molecule has 0 aromatic heterocycles. The molecule has 1 heterocycles. The minimum Gasteiger partial charge on any atom is -0.465 e. The van der Waals surface area contributed by atoms with Gasteiger partial charge in [0.15, 0.2) is 0 Å². The molecule has 7 heteroatoms. The zero-order chi connectivity index (χ0) is 18.1. The van der Waals surface area contributed by atoms with Crippen LogP contribution >= 0.6 is 23.2 Å². The summed E-state index contributed by atoms with van der Waals surface area (Å²) >= 11 is 12.0. The zero-order valence-electron chi connectivity index (χ0n) is 13.4. The number of methoxy groups -OCH3 is 1. The van der Waals surface area contributed by atoms with E-state index in [0.717, 1.165) is 18.9 Å². The molecule has 1 unspecified atom stereocenters. The Kier molecular flexibility index (Phi) is 5.16. The van der Waals surface area contributed by atoms with Crippen molar-refractivity contribution in [1.29, 1.82) is 0 Å². The molecule has 0 spiro atoms. The van der Waals surface area contributed by atoms with Crippen molar-refractivity contribution in [1.82, 2.24) is 0 Å². The molecule has 2 aromatic rings. The van der Waals surface area contributed by atoms with Gasteiger partial charge in [-0.2, -0.15) is 0 Å². The standard InChI is InChI=1S/C18H15Cl2F2NO2/c1-25-18(24)16-15(21)5-3-12(17(16)22)10-6-7-23(9-10)11-2-4-13(19)14(20)8-11/h2-5,8,10H,6-7,9H2,1H3. The number of ether oxygens (including phenoxy) is 1. The first-order chi connectivity index (χ1) is 11.9. The molecular weight excluding hydrogens is 371 g/mol. The van der Waals surface area contributed by atoms with Gasteiger partial charge in [0.25, 0.3) is 0 Å². The number of nitrogens with zero attached hydrogens (tertiary/aromatic N) is 1. The van der Waals surface area contributed by atoms with Crippen LogP contribution < -0.4 is 4.90 Å². The monoisotopic (exact) mass is 385 g/mol. The summed E-state index contributed by atoms with van der Waals surface area (Å²) in [6.07, 6.45) is 0.670. The first kappa shape index (κ1) is 18.0. The van der Waals surface area contributed by atoms with Crippen molar-refractivity contribution < 1.29 is 18.3 Å². The maximum absolute atomic E-state index is 14.7. The lowest BCUT2D eigenvalue weighted by Crippen LogP contribution is -2.20. The summed E-state index contributed by atoms with van der Waals surface area (Å²) in [5.41, 5.74) is 0.546. The third-order valence-corrected chi connectivity index (χ3v) is 5.15. The number of carbonyl (C=O) groups is 1. The fourth-order valence-corrected chi connectivity index (χ4v) is 3.40. The maximum atomic E-state index is 14.7. The quantitative estimate of drug-likeness (QED) is 0.692. The molecule has 1 aliphatic heterocycles. The third kappa shape index (κ3) is 3.44. The third-order valence-electron chi connectivity index (χ3n) is 4.41. The SMILES string of the molecule is COC(=O)c1c(F)ccc(C2CCN(c3ccc(Cl)c(Cl)c3)C2)c1F. The highest BCUT2D eigenvalue weighted by molar-refractivity contribution is 6.42. The Hall–Kier alpha value is -1.85. The van der Waals surface area contributed by atoms with E-state index < -0.39 is 23.2 Å². The second kappa shape index (κ2) is 7.18. The average molecular weight is 386 g/mol. The Morgan fingerprint density at radius 3 is 2.64 bits per heavy atom. The summed E-state index contributed by atoms with van der Waals surface area (Å²) in [6.45, 7) is 1.22. The molecule has 0 radical (unpaired) electrons. The molecule has 0 amide bonds. The van der Waals surface area contributed by atoms with E-state index in [-0.39, 0.29) is 5.92 Å². The molecule has 1 saturated heterocycles. The topological polar surface area (TPSA) is 29.5 Å². The predicted molar refractivity (Wildman–Crippen MR) is 93.7 cm³/mol. The van der Waals surface area contributed by atoms with Crippen LogP contribution in [0.25, 0.3) is 0 Å². The average Bonchev–Trinajstić information content (AvgIpc) is 3.07. The Labute approximate surface area is 154 Å². The second-order valence-electron chi connectivity index (χ2n) is 5.85. The van der Waals surface area contributed by atoms with Gasteiger partial charge in [0.05, 0.1) is 17.2 Å². The molecule has 25 heavy (non-hydrogen) atoms. The number of rotatable bonds is 3. The summed E-state index contributed by atoms with van der Waals surface area (Å²) in [7, 11) is 1.09. The lowest BCUT2D eigenvalue weighted by atomic mass is 9.95. The van der Waals surface area contributed by atoms with Crippen LogP contribution in [0, 0.1) is 11.6 Å². The van der Waals surface area contributed by atoms with Crippen LogP contribution in [0.4, 0.5) is 14.5 Å². The van der Waals surface area contributed by atoms with Crippen LogP contribution in [0.2, 0.25) is 10.0 Å². The largest absolute Gasteiger partial charge is 0.465 e. The molecule has 0 aliphatic carbocycles. The van der Waals surface area contributed by atoms with E-state index in [4.69, 9.17) is 23.2 Å². The minimum atomic E-state index is -1.02. The summed E-state index contributed by atoms with van der Waals surface area (Å²) in [5, 5.41) is 0.914. The highest BCUT2D eigenvalue weighted by Crippen LogP contribution is 2.35. The number of benzene rings is 2. The van der Waals surface area contributed by atoms with E-state index >= 15 is 0 Å². The molecule has 2 aromatic carbocycles. The second-order valence-corrected chi connectivity index (χ2v) is 6.66. The Balaban J connectivity index is 1.87. The fourth-order valence-electron chi connectivity index (χ4n) is 3.10. The number of carbonyl (C=O) groups excluding carboxylic acids is 1. The molecule has 0 N–H and O–H groups in total. The van der Waals surface area contributed by atoms with Gasteiger partial charge < -0.3 is 9.64 Å². The highest BCUT2D eigenvalue weighted by atomic mass is 35.5. The zero-order valence-corrected chi connectivity index (χ0v) is 14.9. The van der Waals surface area contributed by atoms with Crippen LogP contribution in [0.5, 0.6) is 0 Å². The van der Waals surface area contributed by atoms with Gasteiger partial charge in [0, 0.05) is 24.7 Å². The van der Waals surface area contributed by atoms with Gasteiger partial charge in [-0.1, -0.05) is 29.3 Å². The summed E-state index contributed by atoms with van der Waals surface area (Å²) < 4.78 is 32.9. The van der Waals surface area contributed by atoms with Gasteiger partial charge in [-0.25, -0.2) is 13.6 Å². The van der Waals surface area contributed by atoms with Gasteiger partial charge in [-0.05, 0) is 36.2 Å². The van der Waals surface area contributed by atoms with Crippen LogP contribution in [0.15, 0.2) is 30.3 Å². The van der Waals surface area contributed by atoms with Crippen molar-refractivity contribution in [3.8, 4) is 0 Å². The Morgan fingerprint density at radius 2 is 1.96 bits per heavy atom. The van der Waals surface area contributed by atoms with E-state index in [1.54, 1.807) is 12.1 Å². The van der Waals surface area contributed by atoms with Crippen LogP contribution in [0.3, 0.4) is 0 Å². The van der Waals surface area contributed by atoms with Gasteiger partial charge >= 0.3 is 5.97 Å². The number of halogens is 4. The van der Waals surface area contributed by atoms with Crippen molar-refractivity contribution in [3.05, 3.63) is 63.1 Å². The van der Waals surface area contributed by atoms with E-state index in [2.05, 4.69) is 4.74 Å². The minimum absolute atomic E-state index is 0.168. The summed E-state index contributed by atoms with van der Waals surface area (Å²) in [6, 6.07) is 7.80. The molecule has 1 fully saturated rings. The lowest BCUT2D eigenvalue weighted by Gasteiger charge is -2.20. The normalized spacial score (nSPS) is 17.0. The number of anilines is 1. The van der Waals surface area contributed by atoms with Gasteiger partial charge in [-0.3, -0.25) is 0 Å². The molecule has 1 aliphatic rings. The molecule has 132 valence electrons. The smallest absolute Gasteiger partial charge is 0.343 e. The van der Waals surface area contributed by atoms with Crippen LogP contribution in [0.1, 0.15) is 28.3 Å². The number of hydrogen-bond acceptors (Lipinski definition) is 3. The first-order valence-electron chi connectivity index (χ1n) is 7.68. The lowest BCUT2D eigenvalue weighted by molar-refractivity contribution is 0.0589. The highest BCUT2D eigenvalue weighted by Gasteiger charge is 2.30. The Morgan fingerprint density at radius 1 is 1.20 bits per heavy atom. The van der Waals surface area contributed by atoms with Gasteiger partial charge in [0.1, 0.15) is 17.2 Å². The van der Waals surface area contributed by atoms with Crippen molar-refractivity contribution in [2.75, 3.05) is 25.1 Å². The van der Waals surface area contributed by atoms with E-state index in [1.807, 2.05) is 11.0 Å². The molecule has 1 atom stereocenters. The summed E-state index contributed by atoms with van der Waals surface area (Å²) in [4.78, 5) is 13.7. The molecule has 3 rings (SSSR count). The van der Waals surface area contributed by atoms with Crippen LogP contribution in [-0.4, -0.2) is 26.2 Å². The molecular formula is C18H15Cl2F2NO2. The van der Waals surface area contributed by atoms with Gasteiger partial charge in [0.2, 0.25) is 0 Å². The number of hydrogen-bond donors (Lipinski definition) is 0. The van der Waals surface area contributed by atoms with E-state index in [9.17, 15) is 13.6 Å².